The van der Waals surface area contributed by atoms with E-state index in [1.807, 2.05) is 4.98 Å². The molecule has 0 aliphatic carbocycles. The molecule has 9 heavy (non-hydrogen) atoms. The lowest BCUT2D eigenvalue weighted by Gasteiger charge is -1.84. The van der Waals surface area contributed by atoms with E-state index in [2.05, 4.69) is 4.52 Å². The highest BCUT2D eigenvalue weighted by atomic mass is 16.5. The van der Waals surface area contributed by atoms with Gasteiger partial charge >= 0.3 is 11.4 Å². The van der Waals surface area contributed by atoms with Crippen molar-refractivity contribution in [3.05, 3.63) is 21.0 Å². The summed E-state index contributed by atoms with van der Waals surface area (Å²) >= 11 is 0. The molecule has 1 N–H and O–H groups in total. The van der Waals surface area contributed by atoms with Gasteiger partial charge in [-0.1, -0.05) is 0 Å². The van der Waals surface area contributed by atoms with Gasteiger partial charge in [0.1, 0.15) is 0 Å². The molecule has 5 nitrogen and oxygen atoms in total. The van der Waals surface area contributed by atoms with Gasteiger partial charge in [0.2, 0.25) is 0 Å². The Morgan fingerprint density at radius 2 is 2.44 bits per heavy atom. The van der Waals surface area contributed by atoms with Crippen LogP contribution in [0.4, 0.5) is 0 Å². The number of aryl methyl sites for hydroxylation is 1. The fourth-order valence-electron chi connectivity index (χ4n) is 0.522. The van der Waals surface area contributed by atoms with E-state index in [1.165, 1.54) is 0 Å². The molecular weight excluding hydrogens is 124 g/mol. The summed E-state index contributed by atoms with van der Waals surface area (Å²) in [6, 6.07) is 0. The summed E-state index contributed by atoms with van der Waals surface area (Å²) in [6.07, 6.45) is 0. The lowest BCUT2D eigenvalue weighted by atomic mass is 10.8. The molecular formula is C4H8N2O3. The fraction of sp³-hybridized carbons (Fsp3) is 0.500. The molecule has 0 amide bonds. The Bertz CT molecular complexity index is 296. The molecule has 1 aromatic heterocycles. The van der Waals surface area contributed by atoms with E-state index in [1.54, 1.807) is 6.92 Å². The number of H-pyrrole nitrogens is 1. The Morgan fingerprint density at radius 1 is 1.78 bits per heavy atom. The quantitative estimate of drug-likeness (QED) is 0.554. The van der Waals surface area contributed by atoms with Crippen molar-refractivity contribution in [1.29, 1.82) is 0 Å². The van der Waals surface area contributed by atoms with Crippen LogP contribution in [0, 0.1) is 0 Å². The molecule has 5 heteroatoms. The van der Waals surface area contributed by atoms with E-state index < -0.39 is 11.4 Å². The lowest BCUT2D eigenvalue weighted by molar-refractivity contribution is 0.251. The van der Waals surface area contributed by atoms with Crippen molar-refractivity contribution >= 4 is 0 Å². The predicted molar refractivity (Wildman–Crippen MR) is 31.4 cm³/mol. The van der Waals surface area contributed by atoms with Crippen LogP contribution in [0.15, 0.2) is 14.1 Å². The second-order valence-electron chi connectivity index (χ2n) is 1.50. The maximum absolute atomic E-state index is 10.5. The Hall–Kier alpha value is -1.26. The van der Waals surface area contributed by atoms with Gasteiger partial charge in [0, 0.05) is 1.43 Å². The Labute approximate surface area is 51.4 Å². The zero-order valence-corrected chi connectivity index (χ0v) is 4.88. The molecule has 1 heterocycles. The summed E-state index contributed by atoms with van der Waals surface area (Å²) in [5, 5.41) is 0. The number of nitrogens with one attached hydrogen (secondary N) is 1. The first-order chi connectivity index (χ1) is 4.24. The van der Waals surface area contributed by atoms with Crippen LogP contribution in [0.3, 0.4) is 0 Å². The van der Waals surface area contributed by atoms with Gasteiger partial charge in [-0.15, -0.1) is 0 Å². The van der Waals surface area contributed by atoms with Crippen LogP contribution in [-0.4, -0.2) is 9.72 Å². The molecule has 0 aliphatic heterocycles. The first kappa shape index (κ1) is 5.87. The fourth-order valence-corrected chi connectivity index (χ4v) is 0.522. The van der Waals surface area contributed by atoms with Crippen LogP contribution >= 0.6 is 0 Å². The van der Waals surface area contributed by atoms with E-state index in [4.69, 9.17) is 0 Å². The van der Waals surface area contributed by atoms with E-state index in [0.717, 1.165) is 4.74 Å². The largest absolute Gasteiger partial charge is 0.440 e. The van der Waals surface area contributed by atoms with E-state index >= 15 is 0 Å². The minimum Gasteiger partial charge on any atom is -0.317 e. The average Bonchev–Trinajstić information content (AvgIpc) is 2.10. The highest BCUT2D eigenvalue weighted by molar-refractivity contribution is 4.53. The Balaban J connectivity index is 0.000000810. The minimum absolute atomic E-state index is 0. The van der Waals surface area contributed by atoms with E-state index in [0.29, 0.717) is 6.54 Å². The van der Waals surface area contributed by atoms with Crippen LogP contribution in [0.2, 0.25) is 0 Å². The third-order valence-corrected chi connectivity index (χ3v) is 0.916. The van der Waals surface area contributed by atoms with Gasteiger partial charge in [-0.25, -0.2) is 14.6 Å². The van der Waals surface area contributed by atoms with Gasteiger partial charge in [0.15, 0.2) is 0 Å². The molecule has 52 valence electrons. The van der Waals surface area contributed by atoms with Crippen molar-refractivity contribution in [2.24, 2.45) is 0 Å². The van der Waals surface area contributed by atoms with Gasteiger partial charge in [0.25, 0.3) is 0 Å². The van der Waals surface area contributed by atoms with Crippen molar-refractivity contribution in [3.8, 4) is 0 Å². The summed E-state index contributed by atoms with van der Waals surface area (Å²) in [5.41, 5.74) is -0.498. The van der Waals surface area contributed by atoms with Gasteiger partial charge in [0.05, 0.1) is 6.54 Å². The topological polar surface area (TPSA) is 68.0 Å². The third kappa shape index (κ3) is 0.933. The van der Waals surface area contributed by atoms with Gasteiger partial charge < -0.3 is 4.52 Å². The van der Waals surface area contributed by atoms with Crippen LogP contribution in [0.25, 0.3) is 0 Å². The standard InChI is InChI=1S/C4H6N2O3.H2/c1-2-6-3(7)5-4(8)9-6;/h2H2,1H3,(H,5,7,8);1H. The highest BCUT2D eigenvalue weighted by Crippen LogP contribution is 1.68. The van der Waals surface area contributed by atoms with Crippen LogP contribution in [-0.2, 0) is 6.54 Å². The first-order valence-corrected chi connectivity index (χ1v) is 2.54. The summed E-state index contributed by atoms with van der Waals surface area (Å²) < 4.78 is 5.30. The van der Waals surface area contributed by atoms with Gasteiger partial charge in [-0.05, 0) is 6.92 Å². The maximum atomic E-state index is 10.5. The number of rotatable bonds is 1. The number of aromatic amines is 1. The summed E-state index contributed by atoms with van der Waals surface area (Å²) in [7, 11) is 0. The Kier molecular flexibility index (Phi) is 1.26. The number of hydrogen-bond donors (Lipinski definition) is 1. The minimum atomic E-state index is -0.707. The maximum Gasteiger partial charge on any atom is 0.440 e. The van der Waals surface area contributed by atoms with Gasteiger partial charge in [-0.2, -0.15) is 4.74 Å². The Morgan fingerprint density at radius 3 is 2.67 bits per heavy atom. The SMILES string of the molecule is CCn1oc(=O)[nH]c1=O.[HH]. The molecule has 0 saturated heterocycles. The summed E-state index contributed by atoms with van der Waals surface area (Å²) in [4.78, 5) is 22.7. The van der Waals surface area contributed by atoms with E-state index in [-0.39, 0.29) is 1.43 Å². The molecule has 0 saturated carbocycles. The second kappa shape index (κ2) is 1.93. The number of hydrogen-bond acceptors (Lipinski definition) is 3. The monoisotopic (exact) mass is 132 g/mol. The highest BCUT2D eigenvalue weighted by Gasteiger charge is 1.96. The molecule has 0 fully saturated rings. The van der Waals surface area contributed by atoms with Gasteiger partial charge in [-0.3, -0.25) is 0 Å². The first-order valence-electron chi connectivity index (χ1n) is 2.54. The summed E-state index contributed by atoms with van der Waals surface area (Å²) in [5.74, 6) is -0.707. The van der Waals surface area contributed by atoms with E-state index in [9.17, 15) is 9.59 Å². The third-order valence-electron chi connectivity index (χ3n) is 0.916. The number of nitrogens with zero attached hydrogens (tertiary/aromatic N) is 1. The second-order valence-corrected chi connectivity index (χ2v) is 1.50. The molecule has 0 bridgehead atoms. The molecule has 0 aromatic carbocycles. The van der Waals surface area contributed by atoms with Crippen molar-refractivity contribution < 1.29 is 5.95 Å². The summed E-state index contributed by atoms with van der Waals surface area (Å²) in [6.45, 7) is 2.08. The zero-order chi connectivity index (χ0) is 6.85. The van der Waals surface area contributed by atoms with Crippen molar-refractivity contribution in [2.75, 3.05) is 0 Å². The molecule has 0 unspecified atom stereocenters. The molecule has 0 radical (unpaired) electrons. The predicted octanol–water partition coefficient (Wildman–Crippen LogP) is -0.605. The van der Waals surface area contributed by atoms with Crippen molar-refractivity contribution in [2.45, 2.75) is 13.5 Å². The molecule has 0 spiro atoms. The lowest BCUT2D eigenvalue weighted by Crippen LogP contribution is -2.15. The molecule has 0 aliphatic rings. The van der Waals surface area contributed by atoms with Crippen LogP contribution < -0.4 is 11.4 Å². The van der Waals surface area contributed by atoms with Crippen molar-refractivity contribution in [3.63, 3.8) is 0 Å². The average molecular weight is 132 g/mol. The van der Waals surface area contributed by atoms with Crippen molar-refractivity contribution in [1.82, 2.24) is 9.72 Å². The zero-order valence-electron chi connectivity index (χ0n) is 4.88. The normalized spacial score (nSPS) is 9.89. The molecule has 1 rings (SSSR count). The molecule has 1 aromatic rings. The molecule has 0 atom stereocenters. The van der Waals surface area contributed by atoms with Crippen LogP contribution in [0.1, 0.15) is 8.35 Å². The number of aromatic nitrogens is 2. The van der Waals surface area contributed by atoms with Crippen LogP contribution in [0.5, 0.6) is 0 Å². The smallest absolute Gasteiger partial charge is 0.317 e.